The Morgan fingerprint density at radius 1 is 1.26 bits per heavy atom. The summed E-state index contributed by atoms with van der Waals surface area (Å²) in [5.74, 6) is -1.47. The molecule has 0 bridgehead atoms. The fourth-order valence-corrected chi connectivity index (χ4v) is 3.78. The van der Waals surface area contributed by atoms with E-state index in [2.05, 4.69) is 5.32 Å². The number of rotatable bonds is 7. The number of amides is 1. The number of carbonyl (C=O) groups excluding carboxylic acids is 1. The molecule has 1 aliphatic carbocycles. The third kappa shape index (κ3) is 4.08. The van der Waals surface area contributed by atoms with Gasteiger partial charge >= 0.3 is 5.97 Å². The van der Waals surface area contributed by atoms with Crippen LogP contribution >= 0.6 is 0 Å². The van der Waals surface area contributed by atoms with Crippen molar-refractivity contribution in [2.45, 2.75) is 36.1 Å². The Kier molecular flexibility index (Phi) is 5.06. The molecule has 8 heteroatoms. The predicted octanol–water partition coefficient (Wildman–Crippen LogP) is 0.821. The number of nitrogens with zero attached hydrogens (tertiary/aromatic N) is 1. The molecule has 2 N–H and O–H groups in total. The van der Waals surface area contributed by atoms with E-state index < -0.39 is 27.4 Å². The number of benzene rings is 1. The van der Waals surface area contributed by atoms with Gasteiger partial charge in [-0.3, -0.25) is 9.59 Å². The van der Waals surface area contributed by atoms with Crippen molar-refractivity contribution < 1.29 is 23.1 Å². The van der Waals surface area contributed by atoms with Crippen LogP contribution in [-0.2, 0) is 19.6 Å². The Morgan fingerprint density at radius 3 is 2.35 bits per heavy atom. The second-order valence-corrected chi connectivity index (χ2v) is 7.87. The molecule has 0 aromatic heterocycles. The quantitative estimate of drug-likeness (QED) is 0.765. The molecule has 0 atom stereocenters. The Bertz CT molecular complexity index is 683. The van der Waals surface area contributed by atoms with Gasteiger partial charge in [0, 0.05) is 7.05 Å². The summed E-state index contributed by atoms with van der Waals surface area (Å²) in [6.07, 6.45) is 1.90. The number of nitrogens with one attached hydrogen (secondary N) is 1. The van der Waals surface area contributed by atoms with Gasteiger partial charge in [0.2, 0.25) is 15.9 Å². The van der Waals surface area contributed by atoms with E-state index in [1.807, 2.05) is 0 Å². The standard InChI is InChI=1S/C15H20N2O5S/c1-17(23(21,22)12-6-3-2-4-7-12)11-13(18)16-15(8-5-9-15)10-14(19)20/h2-4,6-7H,5,8-11H2,1H3,(H,16,18)(H,19,20). The zero-order chi connectivity index (χ0) is 17.1. The highest BCUT2D eigenvalue weighted by molar-refractivity contribution is 7.89. The van der Waals surface area contributed by atoms with E-state index in [0.29, 0.717) is 12.8 Å². The number of carboxylic acid groups (broad SMARTS) is 1. The molecule has 0 saturated heterocycles. The summed E-state index contributed by atoms with van der Waals surface area (Å²) in [7, 11) is -2.42. The Morgan fingerprint density at radius 2 is 1.87 bits per heavy atom. The van der Waals surface area contributed by atoms with E-state index >= 15 is 0 Å². The van der Waals surface area contributed by atoms with Crippen LogP contribution in [-0.4, -0.2) is 48.8 Å². The maximum absolute atomic E-state index is 12.3. The summed E-state index contributed by atoms with van der Waals surface area (Å²) in [6.45, 7) is -0.349. The summed E-state index contributed by atoms with van der Waals surface area (Å²) in [4.78, 5) is 23.1. The molecule has 0 heterocycles. The lowest BCUT2D eigenvalue weighted by Gasteiger charge is -2.41. The lowest BCUT2D eigenvalue weighted by molar-refractivity contribution is -0.140. The van der Waals surface area contributed by atoms with Crippen molar-refractivity contribution in [1.29, 1.82) is 0 Å². The maximum atomic E-state index is 12.3. The van der Waals surface area contributed by atoms with Gasteiger partial charge in [0.1, 0.15) is 0 Å². The van der Waals surface area contributed by atoms with Gasteiger partial charge in [0.25, 0.3) is 0 Å². The van der Waals surface area contributed by atoms with E-state index in [0.717, 1.165) is 10.7 Å². The smallest absolute Gasteiger partial charge is 0.305 e. The van der Waals surface area contributed by atoms with Crippen LogP contribution in [0.4, 0.5) is 0 Å². The minimum absolute atomic E-state index is 0.110. The summed E-state index contributed by atoms with van der Waals surface area (Å²) in [6, 6.07) is 7.84. The van der Waals surface area contributed by atoms with Crippen LogP contribution in [0.15, 0.2) is 35.2 Å². The van der Waals surface area contributed by atoms with Crippen LogP contribution in [0.1, 0.15) is 25.7 Å². The second kappa shape index (κ2) is 6.67. The molecule has 1 fully saturated rings. The molecular weight excluding hydrogens is 320 g/mol. The number of sulfonamides is 1. The molecule has 2 rings (SSSR count). The fourth-order valence-electron chi connectivity index (χ4n) is 2.63. The molecule has 1 aromatic carbocycles. The third-order valence-electron chi connectivity index (χ3n) is 4.02. The van der Waals surface area contributed by atoms with Crippen molar-refractivity contribution in [1.82, 2.24) is 9.62 Å². The highest BCUT2D eigenvalue weighted by Crippen LogP contribution is 2.34. The molecule has 23 heavy (non-hydrogen) atoms. The van der Waals surface area contributed by atoms with Crippen LogP contribution in [0.5, 0.6) is 0 Å². The number of likely N-dealkylation sites (N-methyl/N-ethyl adjacent to an activating group) is 1. The molecule has 1 saturated carbocycles. The first-order valence-electron chi connectivity index (χ1n) is 7.29. The Hall–Kier alpha value is -1.93. The van der Waals surface area contributed by atoms with Gasteiger partial charge in [0.15, 0.2) is 0 Å². The number of carbonyl (C=O) groups is 2. The van der Waals surface area contributed by atoms with E-state index in [4.69, 9.17) is 5.11 Å². The summed E-state index contributed by atoms with van der Waals surface area (Å²) in [5, 5.41) is 11.6. The van der Waals surface area contributed by atoms with Crippen molar-refractivity contribution in [3.8, 4) is 0 Å². The molecule has 0 radical (unpaired) electrons. The lowest BCUT2D eigenvalue weighted by atomic mass is 9.74. The second-order valence-electron chi connectivity index (χ2n) is 5.83. The number of hydrogen-bond acceptors (Lipinski definition) is 4. The van der Waals surface area contributed by atoms with Crippen molar-refractivity contribution in [2.75, 3.05) is 13.6 Å². The first kappa shape index (κ1) is 17.4. The van der Waals surface area contributed by atoms with Crippen molar-refractivity contribution >= 4 is 21.9 Å². The summed E-state index contributed by atoms with van der Waals surface area (Å²) >= 11 is 0. The fraction of sp³-hybridized carbons (Fsp3) is 0.467. The van der Waals surface area contributed by atoms with Crippen LogP contribution in [0.3, 0.4) is 0 Å². The van der Waals surface area contributed by atoms with Gasteiger partial charge in [-0.05, 0) is 31.4 Å². The van der Waals surface area contributed by atoms with E-state index in [9.17, 15) is 18.0 Å². The zero-order valence-corrected chi connectivity index (χ0v) is 13.7. The Labute approximate surface area is 135 Å². The topological polar surface area (TPSA) is 104 Å². The molecule has 0 spiro atoms. The number of carboxylic acids is 1. The third-order valence-corrected chi connectivity index (χ3v) is 5.84. The van der Waals surface area contributed by atoms with Crippen molar-refractivity contribution in [3.63, 3.8) is 0 Å². The van der Waals surface area contributed by atoms with E-state index in [1.165, 1.54) is 19.2 Å². The predicted molar refractivity (Wildman–Crippen MR) is 83.2 cm³/mol. The Balaban J connectivity index is 2.01. The average Bonchev–Trinajstić information content (AvgIpc) is 2.45. The molecule has 1 aliphatic rings. The van der Waals surface area contributed by atoms with E-state index in [-0.39, 0.29) is 17.9 Å². The van der Waals surface area contributed by atoms with Crippen molar-refractivity contribution in [2.24, 2.45) is 0 Å². The van der Waals surface area contributed by atoms with Gasteiger partial charge < -0.3 is 10.4 Å². The lowest BCUT2D eigenvalue weighted by Crippen LogP contribution is -2.56. The maximum Gasteiger partial charge on any atom is 0.305 e. The minimum Gasteiger partial charge on any atom is -0.481 e. The van der Waals surface area contributed by atoms with Gasteiger partial charge in [0.05, 0.1) is 23.4 Å². The average molecular weight is 340 g/mol. The molecule has 1 aromatic rings. The number of hydrogen-bond donors (Lipinski definition) is 2. The highest BCUT2D eigenvalue weighted by atomic mass is 32.2. The van der Waals surface area contributed by atoms with Crippen molar-refractivity contribution in [3.05, 3.63) is 30.3 Å². The summed E-state index contributed by atoms with van der Waals surface area (Å²) in [5.41, 5.74) is -0.736. The van der Waals surface area contributed by atoms with Gasteiger partial charge in [-0.15, -0.1) is 0 Å². The first-order valence-corrected chi connectivity index (χ1v) is 8.73. The van der Waals surface area contributed by atoms with E-state index in [1.54, 1.807) is 18.2 Å². The van der Waals surface area contributed by atoms with Gasteiger partial charge in [-0.2, -0.15) is 4.31 Å². The van der Waals surface area contributed by atoms with Crippen LogP contribution in [0.2, 0.25) is 0 Å². The largest absolute Gasteiger partial charge is 0.481 e. The van der Waals surface area contributed by atoms with Crippen LogP contribution < -0.4 is 5.32 Å². The molecule has 126 valence electrons. The first-order chi connectivity index (χ1) is 10.8. The molecule has 0 unspecified atom stereocenters. The summed E-state index contributed by atoms with van der Waals surface area (Å²) < 4.78 is 25.7. The molecular formula is C15H20N2O5S. The van der Waals surface area contributed by atoms with Gasteiger partial charge in [-0.25, -0.2) is 8.42 Å². The molecule has 7 nitrogen and oxygen atoms in total. The van der Waals surface area contributed by atoms with Crippen LogP contribution in [0, 0.1) is 0 Å². The SMILES string of the molecule is CN(CC(=O)NC1(CC(=O)O)CCC1)S(=O)(=O)c1ccccc1. The molecule has 1 amide bonds. The normalized spacial score (nSPS) is 16.6. The number of aliphatic carboxylic acids is 1. The van der Waals surface area contributed by atoms with Gasteiger partial charge in [-0.1, -0.05) is 18.2 Å². The monoisotopic (exact) mass is 340 g/mol. The molecule has 0 aliphatic heterocycles. The van der Waals surface area contributed by atoms with Crippen LogP contribution in [0.25, 0.3) is 0 Å². The zero-order valence-electron chi connectivity index (χ0n) is 12.9. The minimum atomic E-state index is -3.75. The highest BCUT2D eigenvalue weighted by Gasteiger charge is 2.40.